The summed E-state index contributed by atoms with van der Waals surface area (Å²) in [6.07, 6.45) is -12.7. The van der Waals surface area contributed by atoms with Crippen molar-refractivity contribution in [2.45, 2.75) is 49.6 Å². The number of halogens is 9. The number of rotatable bonds is 3. The number of nitrogens with zero attached hydrogens (tertiary/aromatic N) is 1. The van der Waals surface area contributed by atoms with Gasteiger partial charge in [0.2, 0.25) is 0 Å². The first-order valence-electron chi connectivity index (χ1n) is 8.11. The van der Waals surface area contributed by atoms with Gasteiger partial charge in [0.05, 0.1) is 17.0 Å². The average molecular weight is 427 g/mol. The lowest BCUT2D eigenvalue weighted by Gasteiger charge is -2.48. The van der Waals surface area contributed by atoms with Crippen LogP contribution in [0.4, 0.5) is 39.5 Å². The number of nitriles is 1. The van der Waals surface area contributed by atoms with E-state index >= 15 is 4.39 Å². The van der Waals surface area contributed by atoms with Crippen molar-refractivity contribution < 1.29 is 39.5 Å². The van der Waals surface area contributed by atoms with Gasteiger partial charge in [-0.15, -0.1) is 0 Å². The van der Waals surface area contributed by atoms with E-state index in [-0.39, 0.29) is 17.6 Å². The first kappa shape index (κ1) is 22.8. The third kappa shape index (κ3) is 3.20. The van der Waals surface area contributed by atoms with E-state index in [1.165, 1.54) is 26.0 Å². The lowest BCUT2D eigenvalue weighted by atomic mass is 9.60. The van der Waals surface area contributed by atoms with Gasteiger partial charge in [0.1, 0.15) is 0 Å². The second-order valence-electron chi connectivity index (χ2n) is 6.91. The van der Waals surface area contributed by atoms with Crippen molar-refractivity contribution in [1.82, 2.24) is 0 Å². The molecule has 0 heterocycles. The number of hydrogen-bond donors (Lipinski definition) is 0. The Kier molecular flexibility index (Phi) is 5.37. The molecule has 1 nitrogen and oxygen atoms in total. The Labute approximate surface area is 160 Å². The predicted molar refractivity (Wildman–Crippen MR) is 85.9 cm³/mol. The van der Waals surface area contributed by atoms with Crippen LogP contribution >= 0.6 is 0 Å². The molecule has 1 aromatic carbocycles. The van der Waals surface area contributed by atoms with Gasteiger partial charge in [0, 0.05) is 0 Å². The Balaban J connectivity index is 3.13. The third-order valence-corrected chi connectivity index (χ3v) is 4.75. The van der Waals surface area contributed by atoms with E-state index in [1.54, 1.807) is 0 Å². The van der Waals surface area contributed by atoms with E-state index in [0.29, 0.717) is 12.2 Å². The third-order valence-electron chi connectivity index (χ3n) is 4.75. The molecule has 0 fully saturated rings. The molecule has 0 aromatic heterocycles. The Hall–Kier alpha value is -2.44. The van der Waals surface area contributed by atoms with Crippen LogP contribution in [0.15, 0.2) is 47.6 Å². The zero-order valence-electron chi connectivity index (χ0n) is 15.0. The van der Waals surface area contributed by atoms with E-state index < -0.39 is 40.5 Å². The highest BCUT2D eigenvalue weighted by atomic mass is 19.4. The normalized spacial score (nSPS) is 19.7. The molecule has 1 aliphatic rings. The fourth-order valence-electron chi connectivity index (χ4n) is 3.71. The fraction of sp³-hybridized carbons (Fsp3) is 0.421. The van der Waals surface area contributed by atoms with Crippen molar-refractivity contribution in [2.75, 3.05) is 0 Å². The first-order chi connectivity index (χ1) is 13.0. The number of alkyl halides is 9. The van der Waals surface area contributed by atoms with Crippen LogP contribution in [0.2, 0.25) is 0 Å². The van der Waals surface area contributed by atoms with Crippen LogP contribution in [0.3, 0.4) is 0 Å². The number of benzene rings is 1. The molecule has 10 heteroatoms. The van der Waals surface area contributed by atoms with Crippen molar-refractivity contribution in [3.05, 3.63) is 58.7 Å². The van der Waals surface area contributed by atoms with Gasteiger partial charge in [-0.05, 0) is 31.9 Å². The van der Waals surface area contributed by atoms with Crippen LogP contribution in [0, 0.1) is 11.3 Å². The van der Waals surface area contributed by atoms with Crippen molar-refractivity contribution in [1.29, 1.82) is 5.26 Å². The largest absolute Gasteiger partial charge is 0.457 e. The summed E-state index contributed by atoms with van der Waals surface area (Å²) in [7, 11) is 0. The van der Waals surface area contributed by atoms with E-state index in [1.807, 2.05) is 0 Å². The lowest BCUT2D eigenvalue weighted by molar-refractivity contribution is -0.392. The SMILES string of the molecule is CC1=CC(c2ccccc2C#N)(C(F)(C(F)(F)F)C(F)(F)C(F)(F)F)C=C(C)C1. The molecule has 0 radical (unpaired) electrons. The summed E-state index contributed by atoms with van der Waals surface area (Å²) >= 11 is 0. The van der Waals surface area contributed by atoms with Gasteiger partial charge >= 0.3 is 18.3 Å². The van der Waals surface area contributed by atoms with Crippen molar-refractivity contribution in [3.8, 4) is 6.07 Å². The summed E-state index contributed by atoms with van der Waals surface area (Å²) < 4.78 is 125. The van der Waals surface area contributed by atoms with Gasteiger partial charge in [-0.3, -0.25) is 0 Å². The monoisotopic (exact) mass is 427 g/mol. The topological polar surface area (TPSA) is 23.8 Å². The van der Waals surface area contributed by atoms with E-state index in [2.05, 4.69) is 0 Å². The number of hydrogen-bond acceptors (Lipinski definition) is 1. The smallest absolute Gasteiger partial charge is 0.225 e. The molecular formula is C19H14F9N. The van der Waals surface area contributed by atoms with Gasteiger partial charge < -0.3 is 0 Å². The van der Waals surface area contributed by atoms with Crippen molar-refractivity contribution in [2.24, 2.45) is 0 Å². The van der Waals surface area contributed by atoms with Crippen LogP contribution < -0.4 is 0 Å². The maximum Gasteiger partial charge on any atom is 0.457 e. The van der Waals surface area contributed by atoms with Gasteiger partial charge in [0.15, 0.2) is 0 Å². The standard InChI is InChI=1S/C19H14F9N/c1-11-7-12(2)9-15(8-11,14-6-4-3-5-13(14)10-29)16(20,18(23,24)25)17(21,22)19(26,27)28/h3-6,8-9H,7H2,1-2H3. The maximum absolute atomic E-state index is 15.7. The molecule has 0 aliphatic heterocycles. The fourth-order valence-corrected chi connectivity index (χ4v) is 3.71. The minimum Gasteiger partial charge on any atom is -0.225 e. The summed E-state index contributed by atoms with van der Waals surface area (Å²) in [6, 6.07) is 5.30. The summed E-state index contributed by atoms with van der Waals surface area (Å²) in [5.41, 5.74) is -11.5. The molecule has 29 heavy (non-hydrogen) atoms. The highest BCUT2D eigenvalue weighted by Crippen LogP contribution is 2.63. The first-order valence-corrected chi connectivity index (χ1v) is 8.11. The van der Waals surface area contributed by atoms with Crippen molar-refractivity contribution >= 4 is 0 Å². The zero-order valence-corrected chi connectivity index (χ0v) is 15.0. The van der Waals surface area contributed by atoms with E-state index in [0.717, 1.165) is 18.2 Å². The molecule has 0 bridgehead atoms. The van der Waals surface area contributed by atoms with Crippen LogP contribution in [0.25, 0.3) is 0 Å². The van der Waals surface area contributed by atoms with Crippen LogP contribution in [-0.2, 0) is 5.41 Å². The van der Waals surface area contributed by atoms with E-state index in [4.69, 9.17) is 0 Å². The maximum atomic E-state index is 15.7. The predicted octanol–water partition coefficient (Wildman–Crippen LogP) is 6.56. The molecular weight excluding hydrogens is 413 g/mol. The van der Waals surface area contributed by atoms with Gasteiger partial charge in [-0.2, -0.15) is 40.4 Å². The minimum absolute atomic E-state index is 0.0536. The molecule has 0 spiro atoms. The lowest BCUT2D eigenvalue weighted by Crippen LogP contribution is -2.71. The summed E-state index contributed by atoms with van der Waals surface area (Å²) in [5.74, 6) is -6.83. The molecule has 1 unspecified atom stereocenters. The minimum atomic E-state index is -6.85. The summed E-state index contributed by atoms with van der Waals surface area (Å²) in [5, 5.41) is 9.22. The molecule has 158 valence electrons. The second kappa shape index (κ2) is 6.82. The second-order valence-corrected chi connectivity index (χ2v) is 6.91. The summed E-state index contributed by atoms with van der Waals surface area (Å²) in [6.45, 7) is 2.37. The number of allylic oxidation sites excluding steroid dienone is 4. The molecule has 1 aliphatic carbocycles. The molecule has 1 atom stereocenters. The summed E-state index contributed by atoms with van der Waals surface area (Å²) in [4.78, 5) is 0. The van der Waals surface area contributed by atoms with Crippen molar-refractivity contribution in [3.63, 3.8) is 0 Å². The van der Waals surface area contributed by atoms with Gasteiger partial charge in [-0.25, -0.2) is 4.39 Å². The molecule has 0 amide bonds. The Bertz CT molecular complexity index is 881. The molecule has 1 aromatic rings. The Morgan fingerprint density at radius 1 is 0.828 bits per heavy atom. The van der Waals surface area contributed by atoms with Crippen LogP contribution in [0.5, 0.6) is 0 Å². The van der Waals surface area contributed by atoms with Crippen LogP contribution in [-0.4, -0.2) is 23.9 Å². The highest BCUT2D eigenvalue weighted by molar-refractivity contribution is 5.55. The van der Waals surface area contributed by atoms with E-state index in [9.17, 15) is 40.4 Å². The molecule has 0 saturated heterocycles. The Morgan fingerprint density at radius 2 is 1.31 bits per heavy atom. The zero-order chi connectivity index (χ0) is 22.5. The molecule has 0 N–H and O–H groups in total. The molecule has 0 saturated carbocycles. The Morgan fingerprint density at radius 3 is 1.72 bits per heavy atom. The van der Waals surface area contributed by atoms with Crippen LogP contribution in [0.1, 0.15) is 31.4 Å². The highest BCUT2D eigenvalue weighted by Gasteiger charge is 2.87. The van der Waals surface area contributed by atoms with Gasteiger partial charge in [-0.1, -0.05) is 41.5 Å². The molecule has 2 rings (SSSR count). The quantitative estimate of drug-likeness (QED) is 0.396. The van der Waals surface area contributed by atoms with Gasteiger partial charge in [0.25, 0.3) is 5.67 Å². The average Bonchev–Trinajstić information content (AvgIpc) is 2.57.